The molecule has 0 saturated carbocycles. The van der Waals surface area contributed by atoms with Crippen LogP contribution in [0.3, 0.4) is 0 Å². The van der Waals surface area contributed by atoms with Crippen molar-refractivity contribution in [3.05, 3.63) is 29.6 Å². The summed E-state index contributed by atoms with van der Waals surface area (Å²) in [6, 6.07) is 4.63. The van der Waals surface area contributed by atoms with E-state index in [0.717, 1.165) is 26.0 Å². The third-order valence-corrected chi connectivity index (χ3v) is 3.81. The van der Waals surface area contributed by atoms with Crippen LogP contribution >= 0.6 is 0 Å². The van der Waals surface area contributed by atoms with Crippen molar-refractivity contribution in [2.24, 2.45) is 0 Å². The fraction of sp³-hybridized carbons (Fsp3) is 0.688. The Balaban J connectivity index is 1.94. The van der Waals surface area contributed by atoms with Crippen LogP contribution in [0.5, 0.6) is 0 Å². The van der Waals surface area contributed by atoms with Gasteiger partial charge in [-0.05, 0) is 50.8 Å². The molecule has 2 atom stereocenters. The maximum absolute atomic E-state index is 5.77. The van der Waals surface area contributed by atoms with Gasteiger partial charge in [-0.25, -0.2) is 0 Å². The third kappa shape index (κ3) is 4.59. The molecule has 0 amide bonds. The van der Waals surface area contributed by atoms with E-state index in [4.69, 9.17) is 4.74 Å². The van der Waals surface area contributed by atoms with Crippen LogP contribution in [0.25, 0.3) is 0 Å². The molecule has 0 aliphatic carbocycles. The predicted molar refractivity (Wildman–Crippen MR) is 78.4 cm³/mol. The van der Waals surface area contributed by atoms with Crippen molar-refractivity contribution in [3.8, 4) is 0 Å². The molecule has 106 valence electrons. The van der Waals surface area contributed by atoms with Gasteiger partial charge in [0.15, 0.2) is 0 Å². The summed E-state index contributed by atoms with van der Waals surface area (Å²) in [7, 11) is 0. The Bertz CT molecular complexity index is 375. The Morgan fingerprint density at radius 1 is 1.53 bits per heavy atom. The monoisotopic (exact) mass is 262 g/mol. The van der Waals surface area contributed by atoms with Crippen LogP contribution < -0.4 is 5.32 Å². The molecule has 3 heteroatoms. The van der Waals surface area contributed by atoms with Crippen molar-refractivity contribution in [3.63, 3.8) is 0 Å². The Hall–Kier alpha value is -0.930. The lowest BCUT2D eigenvalue weighted by molar-refractivity contribution is 0.0944. The molecule has 0 spiro atoms. The molecule has 2 unspecified atom stereocenters. The van der Waals surface area contributed by atoms with Crippen molar-refractivity contribution in [1.82, 2.24) is 10.3 Å². The van der Waals surface area contributed by atoms with E-state index in [1.54, 1.807) is 0 Å². The summed E-state index contributed by atoms with van der Waals surface area (Å²) in [5, 5.41) is 3.65. The van der Waals surface area contributed by atoms with Crippen LogP contribution in [0.2, 0.25) is 0 Å². The van der Waals surface area contributed by atoms with Gasteiger partial charge in [-0.15, -0.1) is 0 Å². The Morgan fingerprint density at radius 3 is 3.11 bits per heavy atom. The molecular weight excluding hydrogens is 236 g/mol. The van der Waals surface area contributed by atoms with Gasteiger partial charge in [-0.3, -0.25) is 4.98 Å². The first kappa shape index (κ1) is 14.5. The van der Waals surface area contributed by atoms with Gasteiger partial charge >= 0.3 is 0 Å². The second-order valence-corrected chi connectivity index (χ2v) is 5.49. The van der Waals surface area contributed by atoms with Crippen LogP contribution in [-0.4, -0.2) is 30.3 Å². The average molecular weight is 262 g/mol. The summed E-state index contributed by atoms with van der Waals surface area (Å²) in [5.41, 5.74) is 2.51. The zero-order chi connectivity index (χ0) is 13.5. The maximum Gasteiger partial charge on any atom is 0.0591 e. The summed E-state index contributed by atoms with van der Waals surface area (Å²) < 4.78 is 5.77. The third-order valence-electron chi connectivity index (χ3n) is 3.81. The summed E-state index contributed by atoms with van der Waals surface area (Å²) in [5.74, 6) is 0. The number of nitrogens with zero attached hydrogens (tertiary/aromatic N) is 1. The maximum atomic E-state index is 5.77. The van der Waals surface area contributed by atoms with Crippen LogP contribution in [-0.2, 0) is 11.2 Å². The second kappa shape index (κ2) is 7.61. The second-order valence-electron chi connectivity index (χ2n) is 5.49. The fourth-order valence-corrected chi connectivity index (χ4v) is 2.70. The van der Waals surface area contributed by atoms with Gasteiger partial charge < -0.3 is 10.1 Å². The molecule has 19 heavy (non-hydrogen) atoms. The van der Waals surface area contributed by atoms with Crippen molar-refractivity contribution in [2.75, 3.05) is 13.2 Å². The van der Waals surface area contributed by atoms with Gasteiger partial charge in [-0.2, -0.15) is 0 Å². The lowest BCUT2D eigenvalue weighted by Crippen LogP contribution is -2.35. The van der Waals surface area contributed by atoms with E-state index >= 15 is 0 Å². The van der Waals surface area contributed by atoms with E-state index in [1.807, 2.05) is 12.3 Å². The van der Waals surface area contributed by atoms with Gasteiger partial charge in [0, 0.05) is 31.0 Å². The Kier molecular flexibility index (Phi) is 5.80. The first-order valence-corrected chi connectivity index (χ1v) is 7.55. The van der Waals surface area contributed by atoms with E-state index in [2.05, 4.69) is 30.2 Å². The highest BCUT2D eigenvalue weighted by Crippen LogP contribution is 2.19. The highest BCUT2D eigenvalue weighted by molar-refractivity contribution is 5.18. The van der Waals surface area contributed by atoms with E-state index in [9.17, 15) is 0 Å². The van der Waals surface area contributed by atoms with E-state index in [1.165, 1.54) is 30.5 Å². The first-order valence-electron chi connectivity index (χ1n) is 7.55. The minimum atomic E-state index is 0.443. The quantitative estimate of drug-likeness (QED) is 0.820. The number of hydrogen-bond donors (Lipinski definition) is 1. The number of pyridine rings is 1. The molecule has 1 aliphatic heterocycles. The lowest BCUT2D eigenvalue weighted by Gasteiger charge is -2.22. The standard InChI is InChI=1S/C16H26N2O/c1-3-8-17-14(11-15-7-5-10-19-15)12-16-13(2)6-4-9-18-16/h4,6,9,14-15,17H,3,5,7-8,10-12H2,1-2H3. The molecule has 1 fully saturated rings. The first-order chi connectivity index (χ1) is 9.29. The molecule has 1 saturated heterocycles. The number of aromatic nitrogens is 1. The molecule has 0 radical (unpaired) electrons. The molecule has 1 aromatic rings. The number of rotatable bonds is 7. The Morgan fingerprint density at radius 2 is 2.42 bits per heavy atom. The molecule has 0 bridgehead atoms. The normalized spacial score (nSPS) is 20.6. The van der Waals surface area contributed by atoms with E-state index < -0.39 is 0 Å². The molecule has 1 aliphatic rings. The molecule has 3 nitrogen and oxygen atoms in total. The summed E-state index contributed by atoms with van der Waals surface area (Å²) in [6.07, 6.45) is 8.05. The number of nitrogens with one attached hydrogen (secondary N) is 1. The van der Waals surface area contributed by atoms with Crippen LogP contribution in [0.4, 0.5) is 0 Å². The molecular formula is C16H26N2O. The van der Waals surface area contributed by atoms with Crippen molar-refractivity contribution < 1.29 is 4.74 Å². The van der Waals surface area contributed by atoms with Crippen molar-refractivity contribution in [1.29, 1.82) is 0 Å². The van der Waals surface area contributed by atoms with Gasteiger partial charge in [0.05, 0.1) is 6.10 Å². The van der Waals surface area contributed by atoms with Crippen LogP contribution in [0.1, 0.15) is 43.9 Å². The number of aryl methyl sites for hydroxylation is 1. The van der Waals surface area contributed by atoms with Gasteiger partial charge in [-0.1, -0.05) is 13.0 Å². The fourth-order valence-electron chi connectivity index (χ4n) is 2.70. The summed E-state index contributed by atoms with van der Waals surface area (Å²) >= 11 is 0. The highest BCUT2D eigenvalue weighted by atomic mass is 16.5. The molecule has 2 heterocycles. The zero-order valence-electron chi connectivity index (χ0n) is 12.2. The average Bonchev–Trinajstić information content (AvgIpc) is 2.91. The van der Waals surface area contributed by atoms with E-state index in [-0.39, 0.29) is 0 Å². The van der Waals surface area contributed by atoms with Crippen molar-refractivity contribution in [2.45, 2.75) is 58.1 Å². The van der Waals surface area contributed by atoms with E-state index in [0.29, 0.717) is 12.1 Å². The summed E-state index contributed by atoms with van der Waals surface area (Å²) in [4.78, 5) is 4.52. The molecule has 2 rings (SSSR count). The van der Waals surface area contributed by atoms with Gasteiger partial charge in [0.2, 0.25) is 0 Å². The van der Waals surface area contributed by atoms with Crippen LogP contribution in [0.15, 0.2) is 18.3 Å². The number of ether oxygens (including phenoxy) is 1. The molecule has 0 aromatic carbocycles. The van der Waals surface area contributed by atoms with Crippen LogP contribution in [0, 0.1) is 6.92 Å². The SMILES string of the molecule is CCCNC(Cc1ncccc1C)CC1CCCO1. The topological polar surface area (TPSA) is 34.2 Å². The minimum absolute atomic E-state index is 0.443. The van der Waals surface area contributed by atoms with Crippen molar-refractivity contribution >= 4 is 0 Å². The predicted octanol–water partition coefficient (Wildman–Crippen LogP) is 2.87. The molecule has 1 aromatic heterocycles. The highest BCUT2D eigenvalue weighted by Gasteiger charge is 2.21. The molecule has 1 N–H and O–H groups in total. The Labute approximate surface area is 116 Å². The van der Waals surface area contributed by atoms with Gasteiger partial charge in [0.25, 0.3) is 0 Å². The lowest BCUT2D eigenvalue weighted by atomic mass is 10.00. The largest absolute Gasteiger partial charge is 0.378 e. The smallest absolute Gasteiger partial charge is 0.0591 e. The summed E-state index contributed by atoms with van der Waals surface area (Å²) in [6.45, 7) is 6.37. The zero-order valence-corrected chi connectivity index (χ0v) is 12.2. The van der Waals surface area contributed by atoms with Gasteiger partial charge in [0.1, 0.15) is 0 Å². The minimum Gasteiger partial charge on any atom is -0.378 e. The number of hydrogen-bond acceptors (Lipinski definition) is 3.